The highest BCUT2D eigenvalue weighted by molar-refractivity contribution is 6.22. The van der Waals surface area contributed by atoms with E-state index in [1.54, 1.807) is 0 Å². The number of benzene rings is 2. The summed E-state index contributed by atoms with van der Waals surface area (Å²) in [6, 6.07) is 7.85. The van der Waals surface area contributed by atoms with Crippen LogP contribution in [0.5, 0.6) is 0 Å². The smallest absolute Gasteiger partial charge is 0.330 e. The molecule has 0 aliphatic rings. The first kappa shape index (κ1) is 31.3. The van der Waals surface area contributed by atoms with Crippen molar-refractivity contribution in [1.82, 2.24) is 0 Å². The van der Waals surface area contributed by atoms with Crippen LogP contribution in [0.1, 0.15) is 38.8 Å². The van der Waals surface area contributed by atoms with E-state index in [9.17, 15) is 39.4 Å². The van der Waals surface area contributed by atoms with Crippen LogP contribution in [0.3, 0.4) is 0 Å². The van der Waals surface area contributed by atoms with Crippen LogP contribution in [0.2, 0.25) is 0 Å². The minimum Gasteiger partial charge on any atom is -0.465 e. The van der Waals surface area contributed by atoms with Crippen molar-refractivity contribution in [3.63, 3.8) is 0 Å². The van der Waals surface area contributed by atoms with Gasteiger partial charge in [-0.2, -0.15) is 0 Å². The Morgan fingerprint density at radius 2 is 0.775 bits per heavy atom. The Morgan fingerprint density at radius 3 is 0.950 bits per heavy atom. The molecule has 0 heterocycles. The van der Waals surface area contributed by atoms with Gasteiger partial charge in [-0.1, -0.05) is 24.3 Å². The van der Waals surface area contributed by atoms with E-state index in [4.69, 9.17) is 18.9 Å². The molecule has 0 saturated heterocycles. The number of ether oxygens (including phenoxy) is 4. The lowest BCUT2D eigenvalue weighted by molar-refractivity contribution is -0.385. The first-order valence-corrected chi connectivity index (χ1v) is 12.2. The maximum atomic E-state index is 14.0. The van der Waals surface area contributed by atoms with Gasteiger partial charge < -0.3 is 18.9 Å². The zero-order valence-corrected chi connectivity index (χ0v) is 22.2. The molecule has 0 fully saturated rings. The van der Waals surface area contributed by atoms with E-state index < -0.39 is 67.1 Å². The average molecular weight is 561 g/mol. The van der Waals surface area contributed by atoms with Crippen molar-refractivity contribution >= 4 is 35.3 Å². The predicted molar refractivity (Wildman–Crippen MR) is 136 cm³/mol. The van der Waals surface area contributed by atoms with Crippen LogP contribution in [0.15, 0.2) is 48.5 Å². The third-order valence-electron chi connectivity index (χ3n) is 5.91. The number of carbonyl (C=O) groups is 4. The third-order valence-corrected chi connectivity index (χ3v) is 5.91. The third kappa shape index (κ3) is 5.32. The first-order chi connectivity index (χ1) is 19.0. The standard InChI is InChI=1S/C26H28N2O12/c1-5-37-21(29)25(22(30)38-6-2,17-9-13-19(14-10-17)27(33)34)26(23(31)39-7-3,24(32)40-8-4)18-11-15-20(16-12-18)28(35)36/h9-16H,5-8H2,1-4H3. The van der Waals surface area contributed by atoms with Crippen LogP contribution in [0.4, 0.5) is 11.4 Å². The molecular formula is C26H28N2O12. The molecule has 2 aromatic rings. The number of non-ortho nitro benzene ring substituents is 2. The summed E-state index contributed by atoms with van der Waals surface area (Å²) in [7, 11) is 0. The molecular weight excluding hydrogens is 532 g/mol. The summed E-state index contributed by atoms with van der Waals surface area (Å²) >= 11 is 0. The molecule has 14 heteroatoms. The lowest BCUT2D eigenvalue weighted by Gasteiger charge is -2.43. The Morgan fingerprint density at radius 1 is 0.550 bits per heavy atom. The van der Waals surface area contributed by atoms with Gasteiger partial charge in [0.2, 0.25) is 10.8 Å². The fraction of sp³-hybridized carbons (Fsp3) is 0.385. The van der Waals surface area contributed by atoms with Gasteiger partial charge >= 0.3 is 23.9 Å². The highest BCUT2D eigenvalue weighted by Gasteiger charge is 2.75. The quantitative estimate of drug-likeness (QED) is 0.115. The highest BCUT2D eigenvalue weighted by Crippen LogP contribution is 2.49. The Balaban J connectivity index is 3.29. The Labute approximate surface area is 228 Å². The number of carbonyl (C=O) groups excluding carboxylic acids is 4. The van der Waals surface area contributed by atoms with E-state index in [1.807, 2.05) is 0 Å². The van der Waals surface area contributed by atoms with E-state index >= 15 is 0 Å². The van der Waals surface area contributed by atoms with Gasteiger partial charge in [-0.25, -0.2) is 0 Å². The molecule has 0 radical (unpaired) electrons. The second-order valence-electron chi connectivity index (χ2n) is 7.99. The van der Waals surface area contributed by atoms with Gasteiger partial charge in [0.15, 0.2) is 0 Å². The van der Waals surface area contributed by atoms with Crippen LogP contribution in [0.25, 0.3) is 0 Å². The van der Waals surface area contributed by atoms with E-state index in [-0.39, 0.29) is 26.4 Å². The van der Waals surface area contributed by atoms with Crippen molar-refractivity contribution in [3.05, 3.63) is 79.9 Å². The minimum atomic E-state index is -3.03. The molecule has 2 rings (SSSR count). The molecule has 214 valence electrons. The second kappa shape index (κ2) is 13.3. The van der Waals surface area contributed by atoms with Gasteiger partial charge in [-0.3, -0.25) is 39.4 Å². The Kier molecular flexibility index (Phi) is 10.4. The van der Waals surface area contributed by atoms with Gasteiger partial charge in [0.1, 0.15) is 0 Å². The number of nitro groups is 2. The van der Waals surface area contributed by atoms with E-state index in [0.29, 0.717) is 0 Å². The molecule has 0 amide bonds. The van der Waals surface area contributed by atoms with E-state index in [1.165, 1.54) is 27.7 Å². The van der Waals surface area contributed by atoms with Crippen molar-refractivity contribution in [2.75, 3.05) is 26.4 Å². The molecule has 0 bridgehead atoms. The van der Waals surface area contributed by atoms with Crippen molar-refractivity contribution in [1.29, 1.82) is 0 Å². The molecule has 0 atom stereocenters. The molecule has 0 aliphatic heterocycles. The van der Waals surface area contributed by atoms with Crippen LogP contribution in [-0.4, -0.2) is 60.2 Å². The van der Waals surface area contributed by atoms with Gasteiger partial charge in [-0.05, 0) is 38.8 Å². The molecule has 0 aromatic heterocycles. The largest absolute Gasteiger partial charge is 0.465 e. The molecule has 0 N–H and O–H groups in total. The minimum absolute atomic E-state index is 0.324. The first-order valence-electron chi connectivity index (χ1n) is 12.2. The van der Waals surface area contributed by atoms with E-state index in [2.05, 4.69) is 0 Å². The monoisotopic (exact) mass is 560 g/mol. The van der Waals surface area contributed by atoms with Crippen molar-refractivity contribution in [2.45, 2.75) is 38.5 Å². The predicted octanol–water partition coefficient (Wildman–Crippen LogP) is 2.93. The summed E-state index contributed by atoms with van der Waals surface area (Å²) in [6.07, 6.45) is 0. The molecule has 0 unspecified atom stereocenters. The maximum Gasteiger partial charge on any atom is 0.330 e. The number of nitro benzene ring substituents is 2. The summed E-state index contributed by atoms with van der Waals surface area (Å²) < 4.78 is 21.0. The highest BCUT2D eigenvalue weighted by atomic mass is 16.6. The second-order valence-corrected chi connectivity index (χ2v) is 7.99. The Hall–Kier alpha value is -4.88. The number of esters is 4. The molecule has 0 spiro atoms. The Bertz CT molecular complexity index is 1140. The van der Waals surface area contributed by atoms with E-state index in [0.717, 1.165) is 48.5 Å². The van der Waals surface area contributed by atoms with Gasteiger partial charge in [0, 0.05) is 24.3 Å². The van der Waals surface area contributed by atoms with Gasteiger partial charge in [0.25, 0.3) is 11.4 Å². The fourth-order valence-corrected chi connectivity index (χ4v) is 4.31. The fourth-order valence-electron chi connectivity index (χ4n) is 4.31. The summed E-state index contributed by atoms with van der Waals surface area (Å²) in [5.41, 5.74) is -7.70. The summed E-state index contributed by atoms with van der Waals surface area (Å²) in [4.78, 5) is 77.4. The zero-order chi connectivity index (χ0) is 30.1. The zero-order valence-electron chi connectivity index (χ0n) is 22.2. The van der Waals surface area contributed by atoms with Crippen molar-refractivity contribution < 1.29 is 48.0 Å². The van der Waals surface area contributed by atoms with Crippen LogP contribution in [-0.2, 0) is 49.0 Å². The lowest BCUT2D eigenvalue weighted by atomic mass is 9.56. The number of hydrogen-bond acceptors (Lipinski definition) is 12. The molecule has 40 heavy (non-hydrogen) atoms. The van der Waals surface area contributed by atoms with Gasteiger partial charge in [0.05, 0.1) is 36.3 Å². The SMILES string of the molecule is CCOC(=O)C(C(=O)OCC)(c1ccc([N+](=O)[O-])cc1)C(C(=O)OCC)(C(=O)OCC)c1ccc([N+](=O)[O-])cc1. The number of rotatable bonds is 13. The van der Waals surface area contributed by atoms with Crippen LogP contribution < -0.4 is 0 Å². The summed E-state index contributed by atoms with van der Waals surface area (Å²) in [5, 5.41) is 22.7. The topological polar surface area (TPSA) is 191 Å². The number of nitrogens with zero attached hydrogens (tertiary/aromatic N) is 2. The van der Waals surface area contributed by atoms with Crippen LogP contribution in [0, 0.1) is 20.2 Å². The van der Waals surface area contributed by atoms with Crippen molar-refractivity contribution in [2.24, 2.45) is 0 Å². The maximum absolute atomic E-state index is 14.0. The normalized spacial score (nSPS) is 11.2. The summed E-state index contributed by atoms with van der Waals surface area (Å²) in [6.45, 7) is 4.34. The van der Waals surface area contributed by atoms with Crippen molar-refractivity contribution in [3.8, 4) is 0 Å². The average Bonchev–Trinajstić information content (AvgIpc) is 2.92. The lowest BCUT2D eigenvalue weighted by Crippen LogP contribution is -2.68. The number of hydrogen-bond donors (Lipinski definition) is 0. The van der Waals surface area contributed by atoms with Gasteiger partial charge in [-0.15, -0.1) is 0 Å². The molecule has 0 aliphatic carbocycles. The molecule has 0 saturated carbocycles. The molecule has 14 nitrogen and oxygen atoms in total. The summed E-state index contributed by atoms with van der Waals surface area (Å²) in [5.74, 6) is -5.72. The molecule has 2 aromatic carbocycles. The van der Waals surface area contributed by atoms with Crippen LogP contribution >= 0.6 is 0 Å².